The lowest BCUT2D eigenvalue weighted by atomic mass is 10.3. The quantitative estimate of drug-likeness (QED) is 0.413. The topological polar surface area (TPSA) is 98.2 Å². The van der Waals surface area contributed by atoms with Crippen molar-refractivity contribution >= 4 is 29.4 Å². The fraction of sp³-hybridized carbons (Fsp3) is 0. The van der Waals surface area contributed by atoms with E-state index in [0.717, 1.165) is 11.4 Å². The van der Waals surface area contributed by atoms with Gasteiger partial charge in [-0.15, -0.1) is 5.10 Å². The number of hydrogen-bond acceptors (Lipinski definition) is 6. The largest absolute Gasteiger partial charge is 0.368 e. The third-order valence-corrected chi connectivity index (χ3v) is 3.59. The normalized spacial score (nSPS) is 9.57. The van der Waals surface area contributed by atoms with Crippen LogP contribution in [0.15, 0.2) is 96.0 Å². The molecule has 138 valence electrons. The number of rotatable bonds is 4. The van der Waals surface area contributed by atoms with Crippen molar-refractivity contribution in [1.29, 1.82) is 0 Å². The number of isocyanates is 1. The molecule has 0 fully saturated rings. The summed E-state index contributed by atoms with van der Waals surface area (Å²) in [6.45, 7) is 0. The first kappa shape index (κ1) is 18.6. The molecule has 4 rings (SSSR count). The average Bonchev–Trinajstić information content (AvgIpc) is 3.11. The number of nitrogens with one attached hydrogen (secondary N) is 1. The van der Waals surface area contributed by atoms with Gasteiger partial charge in [-0.3, -0.25) is 0 Å². The number of nitrogens with two attached hydrogens (primary N) is 1. The number of carbonyl (C=O) groups excluding carboxylic acids is 1. The zero-order valence-corrected chi connectivity index (χ0v) is 14.9. The zero-order chi connectivity index (χ0) is 19.6. The van der Waals surface area contributed by atoms with Crippen LogP contribution in [0.25, 0.3) is 5.69 Å². The molecule has 0 saturated heterocycles. The monoisotopic (exact) mass is 370 g/mol. The molecule has 0 spiro atoms. The highest BCUT2D eigenvalue weighted by Gasteiger charge is 2.08. The van der Waals surface area contributed by atoms with Gasteiger partial charge < -0.3 is 11.1 Å². The van der Waals surface area contributed by atoms with Crippen LogP contribution in [0.2, 0.25) is 0 Å². The van der Waals surface area contributed by atoms with Crippen LogP contribution in [0, 0.1) is 0 Å². The Hall–Kier alpha value is -4.22. The predicted octanol–water partition coefficient (Wildman–Crippen LogP) is 4.25. The van der Waals surface area contributed by atoms with Crippen LogP contribution in [-0.4, -0.2) is 20.8 Å². The van der Waals surface area contributed by atoms with Crippen molar-refractivity contribution in [3.8, 4) is 5.69 Å². The molecule has 4 aromatic rings. The van der Waals surface area contributed by atoms with Crippen molar-refractivity contribution in [1.82, 2.24) is 14.8 Å². The van der Waals surface area contributed by atoms with E-state index < -0.39 is 0 Å². The summed E-state index contributed by atoms with van der Waals surface area (Å²) in [4.78, 5) is 17.3. The molecule has 0 radical (unpaired) electrons. The Labute approximate surface area is 162 Å². The van der Waals surface area contributed by atoms with Crippen LogP contribution in [0.5, 0.6) is 0 Å². The molecule has 0 saturated carbocycles. The molecular formula is C21H18N6O. The highest BCUT2D eigenvalue weighted by Crippen LogP contribution is 2.16. The molecule has 0 aliphatic rings. The number of aromatic nitrogens is 3. The standard InChI is InChI=1S/C14H13N5.C7H5NO/c15-13-17-14(16-11-7-3-1-4-8-11)18-19(13)12-9-5-2-6-10-12;9-6-8-7-4-2-1-3-5-7/h1-10H,(H3,15,16,17,18);1-5H. The van der Waals surface area contributed by atoms with Gasteiger partial charge in [0, 0.05) is 5.69 Å². The van der Waals surface area contributed by atoms with Crippen molar-refractivity contribution in [3.05, 3.63) is 91.0 Å². The Bertz CT molecular complexity index is 1040. The number of hydrogen-bond donors (Lipinski definition) is 2. The van der Waals surface area contributed by atoms with Crippen molar-refractivity contribution in [2.75, 3.05) is 11.1 Å². The molecule has 3 aromatic carbocycles. The summed E-state index contributed by atoms with van der Waals surface area (Å²) >= 11 is 0. The Morgan fingerprint density at radius 1 is 0.857 bits per heavy atom. The van der Waals surface area contributed by atoms with Crippen molar-refractivity contribution in [2.45, 2.75) is 0 Å². The van der Waals surface area contributed by atoms with E-state index in [9.17, 15) is 4.79 Å². The fourth-order valence-corrected chi connectivity index (χ4v) is 2.34. The number of benzene rings is 3. The Morgan fingerprint density at radius 3 is 2.04 bits per heavy atom. The number of nitrogen functional groups attached to an aromatic ring is 1. The maximum atomic E-state index is 9.68. The minimum absolute atomic E-state index is 0.352. The first-order valence-electron chi connectivity index (χ1n) is 8.49. The summed E-state index contributed by atoms with van der Waals surface area (Å²) < 4.78 is 1.60. The predicted molar refractivity (Wildman–Crippen MR) is 110 cm³/mol. The number of nitrogens with zero attached hydrogens (tertiary/aromatic N) is 4. The van der Waals surface area contributed by atoms with Crippen LogP contribution in [0.4, 0.5) is 23.3 Å². The van der Waals surface area contributed by atoms with Gasteiger partial charge in [0.2, 0.25) is 18.0 Å². The fourth-order valence-electron chi connectivity index (χ4n) is 2.34. The summed E-state index contributed by atoms with van der Waals surface area (Å²) in [5.41, 5.74) is 8.33. The molecule has 3 N–H and O–H groups in total. The van der Waals surface area contributed by atoms with Gasteiger partial charge in [-0.2, -0.15) is 14.7 Å². The molecule has 0 unspecified atom stereocenters. The molecule has 0 amide bonds. The van der Waals surface area contributed by atoms with E-state index in [1.807, 2.05) is 78.9 Å². The lowest BCUT2D eigenvalue weighted by molar-refractivity contribution is 0.565. The Kier molecular flexibility index (Phi) is 6.28. The van der Waals surface area contributed by atoms with Crippen molar-refractivity contribution < 1.29 is 4.79 Å². The second-order valence-electron chi connectivity index (χ2n) is 5.57. The smallest absolute Gasteiger partial charge is 0.248 e. The average molecular weight is 370 g/mol. The van der Waals surface area contributed by atoms with E-state index in [1.165, 1.54) is 6.08 Å². The van der Waals surface area contributed by atoms with Crippen molar-refractivity contribution in [3.63, 3.8) is 0 Å². The molecule has 7 heteroatoms. The maximum absolute atomic E-state index is 9.68. The number of para-hydroxylation sites is 3. The molecule has 0 bridgehead atoms. The molecule has 1 heterocycles. The van der Waals surface area contributed by atoms with Crippen LogP contribution in [0.1, 0.15) is 0 Å². The van der Waals surface area contributed by atoms with Gasteiger partial charge in [0.25, 0.3) is 0 Å². The number of anilines is 3. The van der Waals surface area contributed by atoms with E-state index in [2.05, 4.69) is 20.4 Å². The molecule has 7 nitrogen and oxygen atoms in total. The summed E-state index contributed by atoms with van der Waals surface area (Å²) in [6.07, 6.45) is 1.46. The van der Waals surface area contributed by atoms with Crippen LogP contribution in [-0.2, 0) is 4.79 Å². The van der Waals surface area contributed by atoms with E-state index in [4.69, 9.17) is 5.73 Å². The number of aliphatic imine (C=N–C) groups is 1. The van der Waals surface area contributed by atoms with E-state index in [0.29, 0.717) is 17.6 Å². The molecule has 28 heavy (non-hydrogen) atoms. The second-order valence-corrected chi connectivity index (χ2v) is 5.57. The minimum Gasteiger partial charge on any atom is -0.368 e. The third kappa shape index (κ3) is 5.14. The zero-order valence-electron chi connectivity index (χ0n) is 14.9. The first-order chi connectivity index (χ1) is 13.8. The summed E-state index contributed by atoms with van der Waals surface area (Å²) in [6, 6.07) is 28.4. The van der Waals surface area contributed by atoms with Gasteiger partial charge in [-0.05, 0) is 36.4 Å². The van der Waals surface area contributed by atoms with Crippen LogP contribution < -0.4 is 11.1 Å². The molecular weight excluding hydrogens is 352 g/mol. The lowest BCUT2D eigenvalue weighted by Crippen LogP contribution is -2.01. The highest BCUT2D eigenvalue weighted by molar-refractivity contribution is 5.54. The molecule has 0 atom stereocenters. The van der Waals surface area contributed by atoms with Crippen LogP contribution in [0.3, 0.4) is 0 Å². The minimum atomic E-state index is 0.352. The van der Waals surface area contributed by atoms with Gasteiger partial charge in [-0.1, -0.05) is 54.6 Å². The highest BCUT2D eigenvalue weighted by atomic mass is 16.1. The van der Waals surface area contributed by atoms with Gasteiger partial charge in [0.05, 0.1) is 11.4 Å². The third-order valence-electron chi connectivity index (χ3n) is 3.59. The van der Waals surface area contributed by atoms with Crippen molar-refractivity contribution in [2.24, 2.45) is 4.99 Å². The van der Waals surface area contributed by atoms with Gasteiger partial charge >= 0.3 is 0 Å². The van der Waals surface area contributed by atoms with E-state index >= 15 is 0 Å². The Morgan fingerprint density at radius 2 is 1.43 bits per heavy atom. The SMILES string of the molecule is Nc1nc(Nc2ccccc2)nn1-c1ccccc1.O=C=Nc1ccccc1. The molecule has 0 aliphatic heterocycles. The van der Waals surface area contributed by atoms with Gasteiger partial charge in [0.1, 0.15) is 0 Å². The van der Waals surface area contributed by atoms with Gasteiger partial charge in [-0.25, -0.2) is 4.79 Å². The molecule has 1 aromatic heterocycles. The lowest BCUT2D eigenvalue weighted by Gasteiger charge is -2.01. The van der Waals surface area contributed by atoms with Crippen LogP contribution >= 0.6 is 0 Å². The summed E-state index contributed by atoms with van der Waals surface area (Å²) in [5.74, 6) is 0.831. The van der Waals surface area contributed by atoms with E-state index in [-0.39, 0.29) is 0 Å². The second kappa shape index (κ2) is 9.47. The summed E-state index contributed by atoms with van der Waals surface area (Å²) in [7, 11) is 0. The molecule has 0 aliphatic carbocycles. The van der Waals surface area contributed by atoms with E-state index in [1.54, 1.807) is 16.8 Å². The maximum Gasteiger partial charge on any atom is 0.248 e. The first-order valence-corrected chi connectivity index (χ1v) is 8.49. The Balaban J connectivity index is 0.000000211. The summed E-state index contributed by atoms with van der Waals surface area (Å²) in [5, 5.41) is 7.46. The van der Waals surface area contributed by atoms with Gasteiger partial charge in [0.15, 0.2) is 0 Å².